The molecule has 4 heteroatoms. The van der Waals surface area contributed by atoms with Crippen LogP contribution < -0.4 is 5.32 Å². The van der Waals surface area contributed by atoms with Crippen LogP contribution in [0, 0.1) is 12.3 Å². The molecule has 0 radical (unpaired) electrons. The molecule has 86 valence electrons. The monoisotopic (exact) mass is 226 g/mol. The average molecular weight is 226 g/mol. The van der Waals surface area contributed by atoms with Crippen LogP contribution in [-0.2, 0) is 0 Å². The standard InChI is InChI=1S/C13H14N4/c1-3-7-10(4-2)14-13-15-11-8-5-6-9-12(11)16-17-13/h2,5-6,8-10H,3,7H2,1H3,(H,14,15,17). The van der Waals surface area contributed by atoms with Crippen molar-refractivity contribution in [2.75, 3.05) is 5.32 Å². The minimum absolute atomic E-state index is 0.0389. The largest absolute Gasteiger partial charge is 0.339 e. The Hall–Kier alpha value is -2.15. The highest BCUT2D eigenvalue weighted by atomic mass is 15.2. The van der Waals surface area contributed by atoms with E-state index in [4.69, 9.17) is 6.42 Å². The molecular weight excluding hydrogens is 212 g/mol. The molecule has 0 amide bonds. The molecule has 0 aliphatic carbocycles. The van der Waals surface area contributed by atoms with Crippen LogP contribution in [0.3, 0.4) is 0 Å². The van der Waals surface area contributed by atoms with Gasteiger partial charge in [0.15, 0.2) is 0 Å². The zero-order chi connectivity index (χ0) is 12.1. The van der Waals surface area contributed by atoms with Gasteiger partial charge in [0.2, 0.25) is 5.95 Å². The Morgan fingerprint density at radius 1 is 1.29 bits per heavy atom. The molecule has 4 nitrogen and oxygen atoms in total. The van der Waals surface area contributed by atoms with Crippen molar-refractivity contribution in [3.8, 4) is 12.3 Å². The van der Waals surface area contributed by atoms with E-state index in [0.29, 0.717) is 5.95 Å². The van der Waals surface area contributed by atoms with Gasteiger partial charge in [-0.3, -0.25) is 0 Å². The lowest BCUT2D eigenvalue weighted by molar-refractivity contribution is 0.745. The zero-order valence-electron chi connectivity index (χ0n) is 9.72. The topological polar surface area (TPSA) is 50.7 Å². The number of rotatable bonds is 4. The van der Waals surface area contributed by atoms with Gasteiger partial charge in [-0.25, -0.2) is 4.98 Å². The number of anilines is 1. The van der Waals surface area contributed by atoms with Crippen molar-refractivity contribution < 1.29 is 0 Å². The molecule has 0 aliphatic heterocycles. The third-order valence-electron chi connectivity index (χ3n) is 2.44. The third-order valence-corrected chi connectivity index (χ3v) is 2.44. The molecule has 2 rings (SSSR count). The van der Waals surface area contributed by atoms with E-state index in [1.807, 2.05) is 24.3 Å². The summed E-state index contributed by atoms with van der Waals surface area (Å²) in [5, 5.41) is 11.2. The summed E-state index contributed by atoms with van der Waals surface area (Å²) in [5.74, 6) is 3.17. The Labute approximate surface area is 100 Å². The van der Waals surface area contributed by atoms with Crippen LogP contribution in [0.5, 0.6) is 0 Å². The van der Waals surface area contributed by atoms with E-state index in [9.17, 15) is 0 Å². The number of nitrogens with one attached hydrogen (secondary N) is 1. The van der Waals surface area contributed by atoms with Gasteiger partial charge >= 0.3 is 0 Å². The molecule has 17 heavy (non-hydrogen) atoms. The minimum Gasteiger partial charge on any atom is -0.339 e. The van der Waals surface area contributed by atoms with Gasteiger partial charge in [-0.1, -0.05) is 31.4 Å². The fourth-order valence-corrected chi connectivity index (χ4v) is 1.58. The van der Waals surface area contributed by atoms with Crippen molar-refractivity contribution in [3.63, 3.8) is 0 Å². The maximum absolute atomic E-state index is 5.43. The molecule has 1 N–H and O–H groups in total. The zero-order valence-corrected chi connectivity index (χ0v) is 9.72. The van der Waals surface area contributed by atoms with Crippen molar-refractivity contribution in [1.29, 1.82) is 0 Å². The molecule has 0 bridgehead atoms. The van der Waals surface area contributed by atoms with Crippen LogP contribution in [0.1, 0.15) is 19.8 Å². The Bertz CT molecular complexity index is 544. The van der Waals surface area contributed by atoms with Crippen LogP contribution in [0.2, 0.25) is 0 Å². The van der Waals surface area contributed by atoms with Crippen LogP contribution in [0.15, 0.2) is 24.3 Å². The van der Waals surface area contributed by atoms with E-state index in [1.54, 1.807) is 0 Å². The molecule has 1 aromatic carbocycles. The Balaban J connectivity index is 2.22. The van der Waals surface area contributed by atoms with E-state index in [0.717, 1.165) is 23.9 Å². The molecule has 0 aliphatic rings. The van der Waals surface area contributed by atoms with Gasteiger partial charge in [-0.05, 0) is 18.6 Å². The molecule has 1 heterocycles. The summed E-state index contributed by atoms with van der Waals surface area (Å²) in [6.07, 6.45) is 7.34. The van der Waals surface area contributed by atoms with Crippen LogP contribution in [0.25, 0.3) is 11.0 Å². The van der Waals surface area contributed by atoms with Crippen LogP contribution in [0.4, 0.5) is 5.95 Å². The van der Waals surface area contributed by atoms with Gasteiger partial charge in [0.05, 0.1) is 11.6 Å². The summed E-state index contributed by atoms with van der Waals surface area (Å²) in [6, 6.07) is 7.57. The predicted molar refractivity (Wildman–Crippen MR) is 68.5 cm³/mol. The fourth-order valence-electron chi connectivity index (χ4n) is 1.58. The first kappa shape index (κ1) is 11.3. The number of nitrogens with zero attached hydrogens (tertiary/aromatic N) is 3. The predicted octanol–water partition coefficient (Wildman–Crippen LogP) is 2.24. The highest BCUT2D eigenvalue weighted by Gasteiger charge is 2.06. The van der Waals surface area contributed by atoms with Gasteiger partial charge in [0.25, 0.3) is 0 Å². The van der Waals surface area contributed by atoms with E-state index in [2.05, 4.69) is 33.3 Å². The van der Waals surface area contributed by atoms with Crippen LogP contribution >= 0.6 is 0 Å². The van der Waals surface area contributed by atoms with Crippen molar-refractivity contribution in [2.24, 2.45) is 0 Å². The molecule has 1 unspecified atom stereocenters. The molecule has 2 aromatic rings. The molecular formula is C13H14N4. The fraction of sp³-hybridized carbons (Fsp3) is 0.308. The van der Waals surface area contributed by atoms with E-state index in [-0.39, 0.29) is 6.04 Å². The van der Waals surface area contributed by atoms with Gasteiger partial charge < -0.3 is 5.32 Å². The number of benzene rings is 1. The molecule has 1 atom stereocenters. The summed E-state index contributed by atoms with van der Waals surface area (Å²) in [4.78, 5) is 4.36. The number of hydrogen-bond acceptors (Lipinski definition) is 4. The second-order valence-electron chi connectivity index (χ2n) is 3.78. The number of para-hydroxylation sites is 1. The summed E-state index contributed by atoms with van der Waals surface area (Å²) >= 11 is 0. The second-order valence-corrected chi connectivity index (χ2v) is 3.78. The minimum atomic E-state index is -0.0389. The number of hydrogen-bond donors (Lipinski definition) is 1. The maximum atomic E-state index is 5.43. The summed E-state index contributed by atoms with van der Waals surface area (Å²) in [7, 11) is 0. The lowest BCUT2D eigenvalue weighted by Crippen LogP contribution is -2.18. The van der Waals surface area contributed by atoms with Crippen molar-refractivity contribution in [3.05, 3.63) is 24.3 Å². The molecule has 0 fully saturated rings. The van der Waals surface area contributed by atoms with E-state index < -0.39 is 0 Å². The van der Waals surface area contributed by atoms with Crippen molar-refractivity contribution in [1.82, 2.24) is 15.2 Å². The van der Waals surface area contributed by atoms with E-state index in [1.165, 1.54) is 0 Å². The summed E-state index contributed by atoms with van der Waals surface area (Å²) in [6.45, 7) is 2.09. The van der Waals surface area contributed by atoms with Gasteiger partial charge in [-0.15, -0.1) is 16.6 Å². The SMILES string of the molecule is C#CC(CCC)Nc1nnc2ccccc2n1. The Morgan fingerprint density at radius 3 is 2.76 bits per heavy atom. The number of aromatic nitrogens is 3. The smallest absolute Gasteiger partial charge is 0.244 e. The molecule has 0 spiro atoms. The third kappa shape index (κ3) is 2.70. The Morgan fingerprint density at radius 2 is 2.06 bits per heavy atom. The average Bonchev–Trinajstić information content (AvgIpc) is 2.38. The first-order valence-corrected chi connectivity index (χ1v) is 5.65. The Kier molecular flexibility index (Phi) is 3.51. The highest BCUT2D eigenvalue weighted by Crippen LogP contribution is 2.10. The van der Waals surface area contributed by atoms with Crippen molar-refractivity contribution in [2.45, 2.75) is 25.8 Å². The van der Waals surface area contributed by atoms with Gasteiger partial charge in [-0.2, -0.15) is 0 Å². The lowest BCUT2D eigenvalue weighted by Gasteiger charge is -2.11. The summed E-state index contributed by atoms with van der Waals surface area (Å²) in [5.41, 5.74) is 1.60. The molecule has 0 saturated heterocycles. The number of fused-ring (bicyclic) bond motifs is 1. The first-order valence-electron chi connectivity index (χ1n) is 5.65. The van der Waals surface area contributed by atoms with Gasteiger partial charge in [0, 0.05) is 0 Å². The lowest BCUT2D eigenvalue weighted by atomic mass is 10.2. The first-order chi connectivity index (χ1) is 8.33. The summed E-state index contributed by atoms with van der Waals surface area (Å²) < 4.78 is 0. The molecule has 0 saturated carbocycles. The van der Waals surface area contributed by atoms with Crippen molar-refractivity contribution >= 4 is 17.0 Å². The number of terminal acetylenes is 1. The van der Waals surface area contributed by atoms with Gasteiger partial charge in [0.1, 0.15) is 5.52 Å². The normalized spacial score (nSPS) is 12.0. The molecule has 1 aromatic heterocycles. The second kappa shape index (κ2) is 5.26. The maximum Gasteiger partial charge on any atom is 0.244 e. The highest BCUT2D eigenvalue weighted by molar-refractivity contribution is 5.74. The van der Waals surface area contributed by atoms with Crippen LogP contribution in [-0.4, -0.2) is 21.2 Å². The van der Waals surface area contributed by atoms with E-state index >= 15 is 0 Å². The quantitative estimate of drug-likeness (QED) is 0.812.